The summed E-state index contributed by atoms with van der Waals surface area (Å²) in [5.41, 5.74) is 3.06. The molecule has 0 unspecified atom stereocenters. The first-order valence-electron chi connectivity index (χ1n) is 7.38. The van der Waals surface area contributed by atoms with Gasteiger partial charge in [0.2, 0.25) is 0 Å². The van der Waals surface area contributed by atoms with E-state index in [0.29, 0.717) is 29.2 Å². The Morgan fingerprint density at radius 1 is 1.22 bits per heavy atom. The lowest BCUT2D eigenvalue weighted by Crippen LogP contribution is -2.26. The fourth-order valence-electron chi connectivity index (χ4n) is 2.42. The van der Waals surface area contributed by atoms with E-state index in [2.05, 4.69) is 15.3 Å². The average Bonchev–Trinajstić information content (AvgIpc) is 2.55. The summed E-state index contributed by atoms with van der Waals surface area (Å²) in [6.45, 7) is 2.37. The molecule has 0 aliphatic rings. The second kappa shape index (κ2) is 6.75. The number of nitrogens with zero attached hydrogens (tertiary/aromatic N) is 2. The van der Waals surface area contributed by atoms with Crippen molar-refractivity contribution < 1.29 is 4.79 Å². The molecule has 0 radical (unpaired) electrons. The van der Waals surface area contributed by atoms with Crippen LogP contribution in [0.5, 0.6) is 0 Å². The summed E-state index contributed by atoms with van der Waals surface area (Å²) < 4.78 is 0. The smallest absolute Gasteiger partial charge is 0.253 e. The summed E-state index contributed by atoms with van der Waals surface area (Å²) in [5, 5.41) is 4.40. The van der Waals surface area contributed by atoms with E-state index in [1.165, 1.54) is 0 Å². The molecule has 1 amide bonds. The van der Waals surface area contributed by atoms with E-state index >= 15 is 0 Å². The number of benzene rings is 1. The fraction of sp³-hybridized carbons (Fsp3) is 0.167. The van der Waals surface area contributed by atoms with Crippen molar-refractivity contribution in [1.82, 2.24) is 15.3 Å². The van der Waals surface area contributed by atoms with Crippen molar-refractivity contribution in [1.29, 1.82) is 0 Å². The highest BCUT2D eigenvalue weighted by Crippen LogP contribution is 2.20. The molecule has 0 atom stereocenters. The minimum Gasteiger partial charge on any atom is -0.352 e. The van der Waals surface area contributed by atoms with Gasteiger partial charge in [-0.15, -0.1) is 0 Å². The third-order valence-electron chi connectivity index (χ3n) is 3.60. The van der Waals surface area contributed by atoms with Crippen molar-refractivity contribution in [2.45, 2.75) is 13.3 Å². The molecule has 0 saturated heterocycles. The summed E-state index contributed by atoms with van der Waals surface area (Å²) >= 11 is 6.01. The van der Waals surface area contributed by atoms with Crippen LogP contribution in [0.4, 0.5) is 0 Å². The molecule has 116 valence electrons. The molecule has 0 aliphatic carbocycles. The van der Waals surface area contributed by atoms with Crippen LogP contribution in [0.3, 0.4) is 0 Å². The molecule has 0 saturated carbocycles. The Morgan fingerprint density at radius 3 is 2.87 bits per heavy atom. The van der Waals surface area contributed by atoms with Crippen LogP contribution in [0.25, 0.3) is 10.9 Å². The van der Waals surface area contributed by atoms with Gasteiger partial charge in [0, 0.05) is 35.3 Å². The number of hydrogen-bond acceptors (Lipinski definition) is 3. The minimum atomic E-state index is -0.132. The minimum absolute atomic E-state index is 0.132. The third-order valence-corrected chi connectivity index (χ3v) is 3.84. The Kier molecular flexibility index (Phi) is 4.53. The Balaban J connectivity index is 1.74. The van der Waals surface area contributed by atoms with Crippen molar-refractivity contribution >= 4 is 28.4 Å². The molecule has 23 heavy (non-hydrogen) atoms. The van der Waals surface area contributed by atoms with Crippen LogP contribution < -0.4 is 5.32 Å². The lowest BCUT2D eigenvalue weighted by atomic mass is 10.1. The molecule has 2 aromatic heterocycles. The first-order valence-corrected chi connectivity index (χ1v) is 7.76. The molecule has 0 aliphatic heterocycles. The SMILES string of the molecule is Cc1nc2ccc(Cl)cc2cc1C(=O)NCCc1ccccn1. The van der Waals surface area contributed by atoms with Crippen LogP contribution in [0.15, 0.2) is 48.7 Å². The van der Waals surface area contributed by atoms with E-state index in [0.717, 1.165) is 16.6 Å². The number of nitrogens with one attached hydrogen (secondary N) is 1. The number of amides is 1. The maximum atomic E-state index is 12.4. The zero-order valence-corrected chi connectivity index (χ0v) is 13.5. The standard InChI is InChI=1S/C18H16ClN3O/c1-12-16(11-13-10-14(19)5-6-17(13)22-12)18(23)21-9-7-15-4-2-3-8-20-15/h2-6,8,10-11H,7,9H2,1H3,(H,21,23). The molecule has 4 nitrogen and oxygen atoms in total. The molecule has 1 N–H and O–H groups in total. The number of carbonyl (C=O) groups excluding carboxylic acids is 1. The van der Waals surface area contributed by atoms with E-state index in [4.69, 9.17) is 11.6 Å². The number of pyridine rings is 2. The number of hydrogen-bond donors (Lipinski definition) is 1. The van der Waals surface area contributed by atoms with Crippen molar-refractivity contribution in [3.8, 4) is 0 Å². The molecule has 0 bridgehead atoms. The molecule has 1 aromatic carbocycles. The Bertz CT molecular complexity index is 850. The summed E-state index contributed by atoms with van der Waals surface area (Å²) in [4.78, 5) is 21.1. The van der Waals surface area contributed by atoms with E-state index < -0.39 is 0 Å². The summed E-state index contributed by atoms with van der Waals surface area (Å²) in [6, 6.07) is 13.0. The molecule has 3 aromatic rings. The van der Waals surface area contributed by atoms with Gasteiger partial charge in [0.1, 0.15) is 0 Å². The zero-order valence-electron chi connectivity index (χ0n) is 12.7. The van der Waals surface area contributed by atoms with E-state index in [1.54, 1.807) is 12.3 Å². The van der Waals surface area contributed by atoms with E-state index in [1.807, 2.05) is 43.3 Å². The van der Waals surface area contributed by atoms with Crippen molar-refractivity contribution in [3.05, 3.63) is 70.6 Å². The summed E-state index contributed by atoms with van der Waals surface area (Å²) in [5.74, 6) is -0.132. The number of aromatic nitrogens is 2. The number of carbonyl (C=O) groups is 1. The number of halogens is 1. The lowest BCUT2D eigenvalue weighted by molar-refractivity contribution is 0.0953. The topological polar surface area (TPSA) is 54.9 Å². The van der Waals surface area contributed by atoms with Crippen LogP contribution in [-0.4, -0.2) is 22.4 Å². The van der Waals surface area contributed by atoms with Gasteiger partial charge in [-0.2, -0.15) is 0 Å². The lowest BCUT2D eigenvalue weighted by Gasteiger charge is -2.09. The van der Waals surface area contributed by atoms with E-state index in [-0.39, 0.29) is 5.91 Å². The predicted octanol–water partition coefficient (Wildman–Crippen LogP) is 3.56. The molecule has 0 spiro atoms. The third kappa shape index (κ3) is 3.66. The molecule has 2 heterocycles. The van der Waals surface area contributed by atoms with Crippen molar-refractivity contribution in [2.24, 2.45) is 0 Å². The largest absolute Gasteiger partial charge is 0.352 e. The van der Waals surface area contributed by atoms with Gasteiger partial charge in [0.15, 0.2) is 0 Å². The molecular formula is C18H16ClN3O. The van der Waals surface area contributed by atoms with Gasteiger partial charge in [-0.3, -0.25) is 14.8 Å². The normalized spacial score (nSPS) is 10.7. The highest BCUT2D eigenvalue weighted by atomic mass is 35.5. The van der Waals surface area contributed by atoms with Gasteiger partial charge in [-0.1, -0.05) is 17.7 Å². The van der Waals surface area contributed by atoms with Gasteiger partial charge >= 0.3 is 0 Å². The van der Waals surface area contributed by atoms with Gasteiger partial charge in [0.05, 0.1) is 16.8 Å². The highest BCUT2D eigenvalue weighted by molar-refractivity contribution is 6.31. The molecular weight excluding hydrogens is 310 g/mol. The average molecular weight is 326 g/mol. The van der Waals surface area contributed by atoms with Crippen LogP contribution in [0.1, 0.15) is 21.7 Å². The van der Waals surface area contributed by atoms with Crippen molar-refractivity contribution in [2.75, 3.05) is 6.54 Å². The molecule has 0 fully saturated rings. The fourth-order valence-corrected chi connectivity index (χ4v) is 2.60. The first-order chi connectivity index (χ1) is 11.1. The van der Waals surface area contributed by atoms with Gasteiger partial charge in [-0.05, 0) is 43.3 Å². The Morgan fingerprint density at radius 2 is 2.09 bits per heavy atom. The number of rotatable bonds is 4. The van der Waals surface area contributed by atoms with E-state index in [9.17, 15) is 4.79 Å². The highest BCUT2D eigenvalue weighted by Gasteiger charge is 2.11. The van der Waals surface area contributed by atoms with Crippen LogP contribution >= 0.6 is 11.6 Å². The first kappa shape index (κ1) is 15.4. The second-order valence-electron chi connectivity index (χ2n) is 5.29. The monoisotopic (exact) mass is 325 g/mol. The quantitative estimate of drug-likeness (QED) is 0.798. The van der Waals surface area contributed by atoms with Gasteiger partial charge in [-0.25, -0.2) is 0 Å². The Hall–Kier alpha value is -2.46. The molecule has 5 heteroatoms. The zero-order chi connectivity index (χ0) is 16.2. The van der Waals surface area contributed by atoms with Crippen LogP contribution in [0, 0.1) is 6.92 Å². The molecule has 3 rings (SSSR count). The van der Waals surface area contributed by atoms with Gasteiger partial charge < -0.3 is 5.32 Å². The maximum Gasteiger partial charge on any atom is 0.253 e. The summed E-state index contributed by atoms with van der Waals surface area (Å²) in [7, 11) is 0. The van der Waals surface area contributed by atoms with Crippen LogP contribution in [-0.2, 0) is 6.42 Å². The van der Waals surface area contributed by atoms with Crippen molar-refractivity contribution in [3.63, 3.8) is 0 Å². The number of fused-ring (bicyclic) bond motifs is 1. The second-order valence-corrected chi connectivity index (χ2v) is 5.72. The maximum absolute atomic E-state index is 12.4. The van der Waals surface area contributed by atoms with Crippen LogP contribution in [0.2, 0.25) is 5.02 Å². The number of aryl methyl sites for hydroxylation is 1. The summed E-state index contributed by atoms with van der Waals surface area (Å²) in [6.07, 6.45) is 2.44. The predicted molar refractivity (Wildman–Crippen MR) is 91.8 cm³/mol. The van der Waals surface area contributed by atoms with Gasteiger partial charge in [0.25, 0.3) is 5.91 Å². The Labute approximate surface area is 139 Å².